The third kappa shape index (κ3) is 2.48. The first-order valence-corrected chi connectivity index (χ1v) is 4.96. The van der Waals surface area contributed by atoms with Crippen LogP contribution in [0, 0.1) is 6.92 Å². The van der Waals surface area contributed by atoms with Gasteiger partial charge in [0.25, 0.3) is 0 Å². The van der Waals surface area contributed by atoms with Crippen molar-refractivity contribution in [2.24, 2.45) is 0 Å². The predicted molar refractivity (Wildman–Crippen MR) is 59.0 cm³/mol. The molecule has 0 saturated carbocycles. The van der Waals surface area contributed by atoms with Gasteiger partial charge in [0.15, 0.2) is 5.78 Å². The van der Waals surface area contributed by atoms with Crippen LogP contribution in [0.25, 0.3) is 0 Å². The van der Waals surface area contributed by atoms with Crippen LogP contribution in [0.2, 0.25) is 0 Å². The second kappa shape index (κ2) is 4.61. The van der Waals surface area contributed by atoms with Crippen molar-refractivity contribution in [3.63, 3.8) is 0 Å². The summed E-state index contributed by atoms with van der Waals surface area (Å²) in [4.78, 5) is 23.8. The van der Waals surface area contributed by atoms with E-state index in [2.05, 4.69) is 15.0 Å². The van der Waals surface area contributed by atoms with Gasteiger partial charge >= 0.3 is 0 Å². The molecule has 0 bridgehead atoms. The Morgan fingerprint density at radius 2 is 1.94 bits per heavy atom. The fourth-order valence-electron chi connectivity index (χ4n) is 1.31. The van der Waals surface area contributed by atoms with Gasteiger partial charge in [-0.25, -0.2) is 4.98 Å². The third-order valence-electron chi connectivity index (χ3n) is 2.18. The van der Waals surface area contributed by atoms with Crippen molar-refractivity contribution >= 4 is 5.78 Å². The number of hydrogen-bond donors (Lipinski definition) is 0. The maximum absolute atomic E-state index is 11.8. The lowest BCUT2D eigenvalue weighted by Gasteiger charge is -2.00. The van der Waals surface area contributed by atoms with Gasteiger partial charge in [0, 0.05) is 25.0 Å². The van der Waals surface area contributed by atoms with Crippen LogP contribution in [0.1, 0.15) is 21.7 Å². The number of carbonyl (C=O) groups excluding carboxylic acids is 1. The molecule has 0 aliphatic rings. The lowest BCUT2D eigenvalue weighted by Crippen LogP contribution is -2.06. The molecule has 0 aliphatic carbocycles. The van der Waals surface area contributed by atoms with Gasteiger partial charge in [-0.05, 0) is 24.6 Å². The minimum Gasteiger partial charge on any atom is -0.292 e. The third-order valence-corrected chi connectivity index (χ3v) is 2.18. The highest BCUT2D eigenvalue weighted by molar-refractivity contribution is 5.95. The zero-order valence-corrected chi connectivity index (χ0v) is 8.92. The number of aryl methyl sites for hydroxylation is 1. The lowest BCUT2D eigenvalue weighted by atomic mass is 10.1. The largest absolute Gasteiger partial charge is 0.292 e. The number of nitrogens with zero attached hydrogens (tertiary/aromatic N) is 3. The van der Waals surface area contributed by atoms with Gasteiger partial charge < -0.3 is 0 Å². The van der Waals surface area contributed by atoms with Crippen molar-refractivity contribution in [3.05, 3.63) is 53.9 Å². The summed E-state index contributed by atoms with van der Waals surface area (Å²) in [5, 5.41) is 0. The van der Waals surface area contributed by atoms with Crippen molar-refractivity contribution in [2.45, 2.75) is 13.3 Å². The zero-order chi connectivity index (χ0) is 11.4. The van der Waals surface area contributed by atoms with Crippen LogP contribution in [0.3, 0.4) is 0 Å². The molecule has 2 aromatic rings. The van der Waals surface area contributed by atoms with Crippen molar-refractivity contribution < 1.29 is 4.79 Å². The van der Waals surface area contributed by atoms with E-state index in [1.807, 2.05) is 19.1 Å². The van der Waals surface area contributed by atoms with Crippen LogP contribution in [-0.2, 0) is 6.42 Å². The summed E-state index contributed by atoms with van der Waals surface area (Å²) in [5.74, 6) is -0.0290. The maximum atomic E-state index is 11.8. The van der Waals surface area contributed by atoms with E-state index in [1.54, 1.807) is 18.6 Å². The molecule has 2 aromatic heterocycles. The summed E-state index contributed by atoms with van der Waals surface area (Å²) in [6.45, 7) is 1.84. The highest BCUT2D eigenvalue weighted by atomic mass is 16.1. The molecule has 0 spiro atoms. The minimum atomic E-state index is -0.0290. The minimum absolute atomic E-state index is 0.0290. The summed E-state index contributed by atoms with van der Waals surface area (Å²) in [7, 11) is 0. The molecule has 0 saturated heterocycles. The topological polar surface area (TPSA) is 55.7 Å². The van der Waals surface area contributed by atoms with Gasteiger partial charge in [-0.1, -0.05) is 0 Å². The summed E-state index contributed by atoms with van der Waals surface area (Å²) in [5.41, 5.74) is 2.14. The van der Waals surface area contributed by atoms with E-state index in [4.69, 9.17) is 0 Å². The van der Waals surface area contributed by atoms with Gasteiger partial charge in [-0.15, -0.1) is 0 Å². The fourth-order valence-corrected chi connectivity index (χ4v) is 1.31. The molecule has 16 heavy (non-hydrogen) atoms. The molecule has 0 radical (unpaired) electrons. The Hall–Kier alpha value is -2.10. The molecule has 0 unspecified atom stereocenters. The molecular formula is C12H11N3O. The van der Waals surface area contributed by atoms with Crippen molar-refractivity contribution in [1.29, 1.82) is 0 Å². The molecule has 0 aliphatic heterocycles. The smallest absolute Gasteiger partial charge is 0.187 e. The Balaban J connectivity index is 2.12. The summed E-state index contributed by atoms with van der Waals surface area (Å²) in [6, 6.07) is 3.64. The standard InChI is InChI=1S/C12H11N3O/c1-9-7-15-11(8-14-9)12(16)6-10-2-4-13-5-3-10/h2-5,7-8H,6H2,1H3. The van der Waals surface area contributed by atoms with Gasteiger partial charge in [0.05, 0.1) is 11.9 Å². The summed E-state index contributed by atoms with van der Waals surface area (Å²) in [6.07, 6.45) is 6.78. The molecule has 80 valence electrons. The van der Waals surface area contributed by atoms with Gasteiger partial charge in [-0.2, -0.15) is 0 Å². The Kier molecular flexibility index (Phi) is 3.00. The van der Waals surface area contributed by atoms with Crippen LogP contribution >= 0.6 is 0 Å². The monoisotopic (exact) mass is 213 g/mol. The molecule has 4 nitrogen and oxygen atoms in total. The average molecular weight is 213 g/mol. The first kappa shape index (κ1) is 10.4. The van der Waals surface area contributed by atoms with Crippen LogP contribution < -0.4 is 0 Å². The van der Waals surface area contributed by atoms with Crippen LogP contribution in [0.4, 0.5) is 0 Å². The first-order chi connectivity index (χ1) is 7.75. The number of hydrogen-bond acceptors (Lipinski definition) is 4. The molecule has 0 amide bonds. The number of rotatable bonds is 3. The van der Waals surface area contributed by atoms with E-state index in [0.29, 0.717) is 12.1 Å². The number of pyridine rings is 1. The summed E-state index contributed by atoms with van der Waals surface area (Å²) >= 11 is 0. The molecular weight excluding hydrogens is 202 g/mol. The Bertz CT molecular complexity index is 479. The SMILES string of the molecule is Cc1cnc(C(=O)Cc2ccncc2)cn1. The van der Waals surface area contributed by atoms with E-state index in [-0.39, 0.29) is 5.78 Å². The Morgan fingerprint density at radius 1 is 1.19 bits per heavy atom. The zero-order valence-electron chi connectivity index (χ0n) is 8.92. The first-order valence-electron chi connectivity index (χ1n) is 4.96. The number of aromatic nitrogens is 3. The van der Waals surface area contributed by atoms with Gasteiger partial charge in [0.2, 0.25) is 0 Å². The number of ketones is 1. The van der Waals surface area contributed by atoms with Crippen LogP contribution in [0.5, 0.6) is 0 Å². The summed E-state index contributed by atoms with van der Waals surface area (Å²) < 4.78 is 0. The van der Waals surface area contributed by atoms with E-state index in [1.165, 1.54) is 6.20 Å². The molecule has 0 aromatic carbocycles. The van der Waals surface area contributed by atoms with E-state index >= 15 is 0 Å². The molecule has 2 rings (SSSR count). The molecule has 4 heteroatoms. The molecule has 0 N–H and O–H groups in total. The lowest BCUT2D eigenvalue weighted by molar-refractivity contribution is 0.0988. The van der Waals surface area contributed by atoms with E-state index < -0.39 is 0 Å². The Morgan fingerprint density at radius 3 is 2.56 bits per heavy atom. The normalized spacial score (nSPS) is 10.1. The maximum Gasteiger partial charge on any atom is 0.187 e. The van der Waals surface area contributed by atoms with E-state index in [0.717, 1.165) is 11.3 Å². The molecule has 0 atom stereocenters. The quantitative estimate of drug-likeness (QED) is 0.727. The van der Waals surface area contributed by atoms with Crippen molar-refractivity contribution in [3.8, 4) is 0 Å². The average Bonchev–Trinajstić information content (AvgIpc) is 2.31. The predicted octanol–water partition coefficient (Wildman–Crippen LogP) is 1.61. The number of Topliss-reactive ketones (excluding diaryl/α,β-unsaturated/α-hetero) is 1. The number of carbonyl (C=O) groups is 1. The van der Waals surface area contributed by atoms with Crippen molar-refractivity contribution in [2.75, 3.05) is 0 Å². The van der Waals surface area contributed by atoms with Crippen LogP contribution in [0.15, 0.2) is 36.9 Å². The van der Waals surface area contributed by atoms with Crippen molar-refractivity contribution in [1.82, 2.24) is 15.0 Å². The molecule has 2 heterocycles. The molecule has 0 fully saturated rings. The Labute approximate surface area is 93.4 Å². The van der Waals surface area contributed by atoms with E-state index in [9.17, 15) is 4.79 Å². The fraction of sp³-hybridized carbons (Fsp3) is 0.167. The highest BCUT2D eigenvalue weighted by Gasteiger charge is 2.08. The second-order valence-electron chi connectivity index (χ2n) is 3.50. The van der Waals surface area contributed by atoms with Gasteiger partial charge in [0.1, 0.15) is 5.69 Å². The highest BCUT2D eigenvalue weighted by Crippen LogP contribution is 2.03. The second-order valence-corrected chi connectivity index (χ2v) is 3.50. The van der Waals surface area contributed by atoms with Crippen LogP contribution in [-0.4, -0.2) is 20.7 Å². The van der Waals surface area contributed by atoms with Gasteiger partial charge in [-0.3, -0.25) is 14.8 Å².